The summed E-state index contributed by atoms with van der Waals surface area (Å²) >= 11 is 0. The molecule has 0 aromatic carbocycles. The first-order valence-corrected chi connectivity index (χ1v) is 8.41. The third-order valence-electron chi connectivity index (χ3n) is 5.03. The molecule has 4 rings (SSSR count). The first-order valence-electron chi connectivity index (χ1n) is 8.41. The summed E-state index contributed by atoms with van der Waals surface area (Å²) in [5.41, 5.74) is 1.18. The Labute approximate surface area is 139 Å². The Balaban J connectivity index is 1.36. The first kappa shape index (κ1) is 15.2. The zero-order valence-corrected chi connectivity index (χ0v) is 13.6. The summed E-state index contributed by atoms with van der Waals surface area (Å²) in [6, 6.07) is 2.10. The van der Waals surface area contributed by atoms with Gasteiger partial charge >= 0.3 is 0 Å². The van der Waals surface area contributed by atoms with E-state index in [2.05, 4.69) is 15.6 Å². The number of nitrogens with zero attached hydrogens (tertiary/aromatic N) is 4. The van der Waals surface area contributed by atoms with Crippen molar-refractivity contribution in [2.45, 2.75) is 37.8 Å². The fourth-order valence-corrected chi connectivity index (χ4v) is 3.39. The molecule has 3 heterocycles. The van der Waals surface area contributed by atoms with Crippen molar-refractivity contribution in [3.05, 3.63) is 18.0 Å². The number of amides is 2. The molecule has 0 spiro atoms. The van der Waals surface area contributed by atoms with Gasteiger partial charge in [0.1, 0.15) is 0 Å². The van der Waals surface area contributed by atoms with Gasteiger partial charge in [0.25, 0.3) is 5.91 Å². The van der Waals surface area contributed by atoms with Gasteiger partial charge in [0, 0.05) is 25.8 Å². The van der Waals surface area contributed by atoms with Crippen LogP contribution in [-0.2, 0) is 27.9 Å². The predicted octanol–water partition coefficient (Wildman–Crippen LogP) is -0.155. The Hall–Kier alpha value is -2.38. The molecule has 1 aromatic rings. The Morgan fingerprint density at radius 2 is 2.21 bits per heavy atom. The van der Waals surface area contributed by atoms with Crippen molar-refractivity contribution >= 4 is 17.5 Å². The van der Waals surface area contributed by atoms with Gasteiger partial charge in [-0.1, -0.05) is 5.16 Å². The molecule has 1 saturated carbocycles. The average molecular weight is 331 g/mol. The van der Waals surface area contributed by atoms with Crippen molar-refractivity contribution in [3.63, 3.8) is 0 Å². The van der Waals surface area contributed by atoms with E-state index in [1.165, 1.54) is 0 Å². The van der Waals surface area contributed by atoms with Crippen LogP contribution in [0.5, 0.6) is 0 Å². The van der Waals surface area contributed by atoms with E-state index in [1.54, 1.807) is 9.58 Å². The molecule has 8 heteroatoms. The van der Waals surface area contributed by atoms with Gasteiger partial charge in [0.05, 0.1) is 24.6 Å². The number of hydrogen-bond donors (Lipinski definition) is 1. The average Bonchev–Trinajstić information content (AvgIpc) is 3.17. The van der Waals surface area contributed by atoms with E-state index >= 15 is 0 Å². The van der Waals surface area contributed by atoms with Gasteiger partial charge in [-0.25, -0.2) is 0 Å². The fraction of sp³-hybridized carbons (Fsp3) is 0.625. The Morgan fingerprint density at radius 1 is 1.38 bits per heavy atom. The zero-order chi connectivity index (χ0) is 16.7. The third kappa shape index (κ3) is 2.76. The number of likely N-dealkylation sites (tertiary alicyclic amines) is 1. The second kappa shape index (κ2) is 5.92. The van der Waals surface area contributed by atoms with Crippen molar-refractivity contribution in [2.24, 2.45) is 18.1 Å². The molecule has 0 bridgehead atoms. The van der Waals surface area contributed by atoms with Crippen molar-refractivity contribution in [3.8, 4) is 0 Å². The summed E-state index contributed by atoms with van der Waals surface area (Å²) in [5, 5.41) is 11.2. The number of aromatic nitrogens is 2. The number of fused-ring (bicyclic) bond motifs is 1. The van der Waals surface area contributed by atoms with E-state index in [-0.39, 0.29) is 36.3 Å². The summed E-state index contributed by atoms with van der Waals surface area (Å²) < 4.78 is 1.68. The lowest BCUT2D eigenvalue weighted by atomic mass is 9.92. The van der Waals surface area contributed by atoms with Crippen LogP contribution in [0.4, 0.5) is 0 Å². The van der Waals surface area contributed by atoms with Crippen LogP contribution in [0.1, 0.15) is 25.0 Å². The van der Waals surface area contributed by atoms with E-state index in [0.29, 0.717) is 18.8 Å². The standard InChI is InChI=1S/C16H21N5O3/c1-20-6-5-11(18-20)7-14(22)21-8-12-13(9-21)24-19-15(12)16(23)17-10-3-2-4-10/h5-6,10,12-13H,2-4,7-9H2,1H3,(H,17,23)/t12-,13+/m0/s1. The number of rotatable bonds is 4. The van der Waals surface area contributed by atoms with Crippen molar-refractivity contribution in [1.29, 1.82) is 0 Å². The number of nitrogens with one attached hydrogen (secondary N) is 1. The van der Waals surface area contributed by atoms with E-state index in [9.17, 15) is 9.59 Å². The molecule has 3 aliphatic rings. The van der Waals surface area contributed by atoms with Gasteiger partial charge in [-0.2, -0.15) is 5.10 Å². The summed E-state index contributed by atoms with van der Waals surface area (Å²) in [6.07, 6.45) is 5.10. The van der Waals surface area contributed by atoms with Gasteiger partial charge in [-0.3, -0.25) is 14.3 Å². The highest BCUT2D eigenvalue weighted by Gasteiger charge is 2.46. The highest BCUT2D eigenvalue weighted by molar-refractivity contribution is 6.40. The molecule has 8 nitrogen and oxygen atoms in total. The largest absolute Gasteiger partial charge is 0.389 e. The van der Waals surface area contributed by atoms with E-state index in [1.807, 2.05) is 19.3 Å². The lowest BCUT2D eigenvalue weighted by Gasteiger charge is -2.26. The van der Waals surface area contributed by atoms with Crippen LogP contribution in [0.25, 0.3) is 0 Å². The quantitative estimate of drug-likeness (QED) is 0.831. The minimum Gasteiger partial charge on any atom is -0.389 e. The molecule has 0 unspecified atom stereocenters. The maximum atomic E-state index is 12.4. The normalized spacial score (nSPS) is 25.7. The SMILES string of the molecule is Cn1ccc(CC(=O)N2C[C@@H]3C(C(=O)NC4CCC4)=NO[C@@H]3C2)n1. The van der Waals surface area contributed by atoms with E-state index in [4.69, 9.17) is 4.84 Å². The van der Waals surface area contributed by atoms with E-state index < -0.39 is 0 Å². The number of carbonyl (C=O) groups excluding carboxylic acids is 2. The smallest absolute Gasteiger partial charge is 0.269 e. The van der Waals surface area contributed by atoms with Crippen molar-refractivity contribution < 1.29 is 14.4 Å². The summed E-state index contributed by atoms with van der Waals surface area (Å²) in [5.74, 6) is -0.269. The van der Waals surface area contributed by atoms with E-state index in [0.717, 1.165) is 25.0 Å². The third-order valence-corrected chi connectivity index (χ3v) is 5.03. The topological polar surface area (TPSA) is 88.8 Å². The molecule has 0 radical (unpaired) electrons. The molecule has 2 amide bonds. The second-order valence-corrected chi connectivity index (χ2v) is 6.78. The van der Waals surface area contributed by atoms with Gasteiger partial charge in [0.15, 0.2) is 11.8 Å². The molecule has 2 atom stereocenters. The fourth-order valence-electron chi connectivity index (χ4n) is 3.39. The van der Waals surface area contributed by atoms with Crippen LogP contribution in [0.15, 0.2) is 17.4 Å². The number of oxime groups is 1. The maximum Gasteiger partial charge on any atom is 0.269 e. The second-order valence-electron chi connectivity index (χ2n) is 6.78. The summed E-state index contributed by atoms with van der Waals surface area (Å²) in [4.78, 5) is 31.9. The summed E-state index contributed by atoms with van der Waals surface area (Å²) in [7, 11) is 1.82. The van der Waals surface area contributed by atoms with Gasteiger partial charge in [-0.15, -0.1) is 0 Å². The minimum absolute atomic E-state index is 0.00505. The lowest BCUT2D eigenvalue weighted by molar-refractivity contribution is -0.130. The first-order chi connectivity index (χ1) is 11.6. The van der Waals surface area contributed by atoms with Gasteiger partial charge < -0.3 is 15.1 Å². The van der Waals surface area contributed by atoms with Gasteiger partial charge in [-0.05, 0) is 25.3 Å². The molecule has 1 aromatic heterocycles. The molecule has 2 fully saturated rings. The summed E-state index contributed by atoms with van der Waals surface area (Å²) in [6.45, 7) is 0.952. The zero-order valence-electron chi connectivity index (χ0n) is 13.6. The molecule has 128 valence electrons. The highest BCUT2D eigenvalue weighted by Crippen LogP contribution is 2.28. The number of hydrogen-bond acceptors (Lipinski definition) is 5. The lowest BCUT2D eigenvalue weighted by Crippen LogP contribution is -2.45. The van der Waals surface area contributed by atoms with Gasteiger partial charge in [0.2, 0.25) is 5.91 Å². The molecule has 1 N–H and O–H groups in total. The number of carbonyl (C=O) groups is 2. The molecule has 24 heavy (non-hydrogen) atoms. The molecule has 1 aliphatic carbocycles. The van der Waals surface area contributed by atoms with Crippen LogP contribution >= 0.6 is 0 Å². The molecule has 1 saturated heterocycles. The molecular formula is C16H21N5O3. The van der Waals surface area contributed by atoms with Crippen molar-refractivity contribution in [1.82, 2.24) is 20.0 Å². The van der Waals surface area contributed by atoms with Crippen LogP contribution in [0.3, 0.4) is 0 Å². The maximum absolute atomic E-state index is 12.4. The van der Waals surface area contributed by atoms with Crippen LogP contribution < -0.4 is 5.32 Å². The number of aryl methyl sites for hydroxylation is 1. The molecular weight excluding hydrogens is 310 g/mol. The Morgan fingerprint density at radius 3 is 2.88 bits per heavy atom. The Kier molecular flexibility index (Phi) is 3.74. The molecule has 2 aliphatic heterocycles. The van der Waals surface area contributed by atoms with Crippen LogP contribution in [-0.4, -0.2) is 57.4 Å². The predicted molar refractivity (Wildman–Crippen MR) is 85.1 cm³/mol. The van der Waals surface area contributed by atoms with Crippen molar-refractivity contribution in [2.75, 3.05) is 13.1 Å². The van der Waals surface area contributed by atoms with Crippen LogP contribution in [0, 0.1) is 5.92 Å². The highest BCUT2D eigenvalue weighted by atomic mass is 16.6. The Bertz CT molecular complexity index is 694. The van der Waals surface area contributed by atoms with Crippen LogP contribution in [0.2, 0.25) is 0 Å². The minimum atomic E-state index is -0.208. The monoisotopic (exact) mass is 331 g/mol.